The summed E-state index contributed by atoms with van der Waals surface area (Å²) >= 11 is 3.48. The third kappa shape index (κ3) is 3.57. The van der Waals surface area contributed by atoms with Crippen LogP contribution in [0.3, 0.4) is 0 Å². The van der Waals surface area contributed by atoms with Gasteiger partial charge in [0.1, 0.15) is 0 Å². The highest BCUT2D eigenvalue weighted by Crippen LogP contribution is 2.15. The van der Waals surface area contributed by atoms with Gasteiger partial charge in [-0.1, -0.05) is 29.3 Å². The van der Waals surface area contributed by atoms with Crippen molar-refractivity contribution in [1.29, 1.82) is 0 Å². The van der Waals surface area contributed by atoms with Crippen molar-refractivity contribution in [3.05, 3.63) is 10.2 Å². The summed E-state index contributed by atoms with van der Waals surface area (Å²) in [7, 11) is 1.94. The topological polar surface area (TPSA) is 12.0 Å². The van der Waals surface area contributed by atoms with Gasteiger partial charge in [-0.25, -0.2) is 0 Å². The number of hydrogen-bond donors (Lipinski definition) is 1. The molecule has 0 fully saturated rings. The van der Waals surface area contributed by atoms with E-state index < -0.39 is 0 Å². The van der Waals surface area contributed by atoms with E-state index in [1.54, 1.807) is 0 Å². The molecular formula is C7H14BrN. The van der Waals surface area contributed by atoms with Crippen LogP contribution in [0, 0.1) is 0 Å². The monoisotopic (exact) mass is 191 g/mol. The van der Waals surface area contributed by atoms with Gasteiger partial charge >= 0.3 is 0 Å². The predicted octanol–water partition coefficient (Wildman–Crippen LogP) is 2.63. The van der Waals surface area contributed by atoms with Gasteiger partial charge in [0, 0.05) is 17.2 Å². The Bertz CT molecular complexity index is 107. The minimum atomic E-state index is 1.13. The second-order valence-corrected chi connectivity index (χ2v) is 2.99. The Morgan fingerprint density at radius 1 is 1.56 bits per heavy atom. The normalized spacial score (nSPS) is 12.9. The standard InChI is InChI=1S/C7H14BrN/c1-4-5-7(8)6(2)9-3/h9H,4-5H2,1-3H3/b7-6+. The molecule has 0 aliphatic heterocycles. The Hall–Kier alpha value is 0.0200. The largest absolute Gasteiger partial charge is 0.391 e. The van der Waals surface area contributed by atoms with Gasteiger partial charge in [-0.05, 0) is 13.3 Å². The lowest BCUT2D eigenvalue weighted by molar-refractivity contribution is 0.898. The second-order valence-electron chi connectivity index (χ2n) is 2.03. The highest BCUT2D eigenvalue weighted by molar-refractivity contribution is 9.11. The van der Waals surface area contributed by atoms with Crippen molar-refractivity contribution in [2.75, 3.05) is 7.05 Å². The lowest BCUT2D eigenvalue weighted by Gasteiger charge is -2.02. The first-order chi connectivity index (χ1) is 4.22. The van der Waals surface area contributed by atoms with Crippen LogP contribution in [-0.2, 0) is 0 Å². The fourth-order valence-corrected chi connectivity index (χ4v) is 1.14. The maximum absolute atomic E-state index is 3.48. The minimum absolute atomic E-state index is 1.13. The molecule has 0 spiro atoms. The van der Waals surface area contributed by atoms with Crippen molar-refractivity contribution in [3.8, 4) is 0 Å². The van der Waals surface area contributed by atoms with Crippen molar-refractivity contribution < 1.29 is 0 Å². The van der Waals surface area contributed by atoms with Crippen LogP contribution in [0.15, 0.2) is 10.2 Å². The molecule has 0 radical (unpaired) electrons. The van der Waals surface area contributed by atoms with Crippen molar-refractivity contribution in [3.63, 3.8) is 0 Å². The smallest absolute Gasteiger partial charge is 0.0175 e. The van der Waals surface area contributed by atoms with Crippen LogP contribution in [0.25, 0.3) is 0 Å². The van der Waals surface area contributed by atoms with Gasteiger partial charge in [-0.15, -0.1) is 0 Å². The average Bonchev–Trinajstić information content (AvgIpc) is 1.87. The highest BCUT2D eigenvalue weighted by Gasteiger charge is 1.92. The number of nitrogens with one attached hydrogen (secondary N) is 1. The fraction of sp³-hybridized carbons (Fsp3) is 0.714. The molecule has 0 saturated carbocycles. The second kappa shape index (κ2) is 4.86. The zero-order chi connectivity index (χ0) is 7.28. The molecular weight excluding hydrogens is 178 g/mol. The SMILES string of the molecule is CCC/C(Br)=C(/C)NC. The van der Waals surface area contributed by atoms with Gasteiger partial charge in [0.2, 0.25) is 0 Å². The van der Waals surface area contributed by atoms with Crippen LogP contribution < -0.4 is 5.32 Å². The molecule has 0 bridgehead atoms. The fourth-order valence-electron chi connectivity index (χ4n) is 0.543. The molecule has 0 aromatic carbocycles. The maximum atomic E-state index is 3.48. The minimum Gasteiger partial charge on any atom is -0.391 e. The maximum Gasteiger partial charge on any atom is 0.0175 e. The van der Waals surface area contributed by atoms with E-state index in [0.717, 1.165) is 6.42 Å². The van der Waals surface area contributed by atoms with Crippen LogP contribution in [0.1, 0.15) is 26.7 Å². The van der Waals surface area contributed by atoms with E-state index in [1.807, 2.05) is 7.05 Å². The van der Waals surface area contributed by atoms with E-state index in [4.69, 9.17) is 0 Å². The average molecular weight is 192 g/mol. The van der Waals surface area contributed by atoms with Gasteiger partial charge in [0.15, 0.2) is 0 Å². The summed E-state index contributed by atoms with van der Waals surface area (Å²) in [6.07, 6.45) is 2.33. The summed E-state index contributed by atoms with van der Waals surface area (Å²) < 4.78 is 1.28. The molecule has 0 unspecified atom stereocenters. The first-order valence-electron chi connectivity index (χ1n) is 3.25. The van der Waals surface area contributed by atoms with Crippen molar-refractivity contribution in [2.45, 2.75) is 26.7 Å². The van der Waals surface area contributed by atoms with Crippen LogP contribution in [0.2, 0.25) is 0 Å². The van der Waals surface area contributed by atoms with Crippen molar-refractivity contribution in [2.24, 2.45) is 0 Å². The molecule has 0 aliphatic carbocycles. The molecule has 2 heteroatoms. The number of rotatable bonds is 3. The Morgan fingerprint density at radius 3 is 2.44 bits per heavy atom. The first kappa shape index (κ1) is 9.02. The molecule has 0 atom stereocenters. The van der Waals surface area contributed by atoms with Crippen LogP contribution in [0.4, 0.5) is 0 Å². The summed E-state index contributed by atoms with van der Waals surface area (Å²) in [5.41, 5.74) is 1.23. The third-order valence-corrected chi connectivity index (χ3v) is 2.24. The van der Waals surface area contributed by atoms with Crippen LogP contribution in [-0.4, -0.2) is 7.05 Å². The first-order valence-corrected chi connectivity index (χ1v) is 4.04. The zero-order valence-corrected chi connectivity index (χ0v) is 7.88. The van der Waals surface area contributed by atoms with Gasteiger partial charge in [-0.3, -0.25) is 0 Å². The van der Waals surface area contributed by atoms with Crippen molar-refractivity contribution >= 4 is 15.9 Å². The Balaban J connectivity index is 3.78. The number of allylic oxidation sites excluding steroid dienone is 2. The van der Waals surface area contributed by atoms with E-state index in [1.165, 1.54) is 16.6 Å². The molecule has 54 valence electrons. The Labute approximate surface area is 65.7 Å². The molecule has 0 rings (SSSR count). The molecule has 0 aromatic rings. The quantitative estimate of drug-likeness (QED) is 0.724. The summed E-state index contributed by atoms with van der Waals surface area (Å²) in [5, 5.41) is 3.08. The Morgan fingerprint density at radius 2 is 2.11 bits per heavy atom. The summed E-state index contributed by atoms with van der Waals surface area (Å²) in [6, 6.07) is 0. The van der Waals surface area contributed by atoms with Gasteiger partial charge in [0.05, 0.1) is 0 Å². The van der Waals surface area contributed by atoms with E-state index in [2.05, 4.69) is 35.1 Å². The lowest BCUT2D eigenvalue weighted by Crippen LogP contribution is -2.02. The van der Waals surface area contributed by atoms with E-state index >= 15 is 0 Å². The van der Waals surface area contributed by atoms with E-state index in [0.29, 0.717) is 0 Å². The Kier molecular flexibility index (Phi) is 4.87. The summed E-state index contributed by atoms with van der Waals surface area (Å²) in [4.78, 5) is 0. The lowest BCUT2D eigenvalue weighted by atomic mass is 10.3. The molecule has 9 heavy (non-hydrogen) atoms. The molecule has 0 aliphatic rings. The highest BCUT2D eigenvalue weighted by atomic mass is 79.9. The summed E-state index contributed by atoms with van der Waals surface area (Å²) in [6.45, 7) is 4.24. The molecule has 0 amide bonds. The zero-order valence-electron chi connectivity index (χ0n) is 6.29. The van der Waals surface area contributed by atoms with Gasteiger partial charge in [0.25, 0.3) is 0 Å². The van der Waals surface area contributed by atoms with Gasteiger partial charge < -0.3 is 5.32 Å². The van der Waals surface area contributed by atoms with E-state index in [9.17, 15) is 0 Å². The molecule has 0 aromatic heterocycles. The molecule has 0 saturated heterocycles. The number of hydrogen-bond acceptors (Lipinski definition) is 1. The van der Waals surface area contributed by atoms with Crippen LogP contribution in [0.5, 0.6) is 0 Å². The number of halogens is 1. The van der Waals surface area contributed by atoms with Gasteiger partial charge in [-0.2, -0.15) is 0 Å². The third-order valence-electron chi connectivity index (χ3n) is 1.25. The van der Waals surface area contributed by atoms with Crippen molar-refractivity contribution in [1.82, 2.24) is 5.32 Å². The van der Waals surface area contributed by atoms with Crippen LogP contribution >= 0.6 is 15.9 Å². The van der Waals surface area contributed by atoms with E-state index in [-0.39, 0.29) is 0 Å². The predicted molar refractivity (Wildman–Crippen MR) is 45.6 cm³/mol. The molecule has 1 nitrogen and oxygen atoms in total. The summed E-state index contributed by atoms with van der Waals surface area (Å²) in [5.74, 6) is 0. The molecule has 0 heterocycles. The molecule has 1 N–H and O–H groups in total.